The third-order valence-corrected chi connectivity index (χ3v) is 3.17. The standard InChI is InChI=1S/C15H21N3O5/c1-9(2)13(20)12(19)7-8-16-17-14(21)10-3-5-11(6-4-10)15(22)18-23/h3-6,9,13,16,20,23H,7-8H2,1-2H3,(H,17,21)(H,18,22). The molecule has 1 rings (SSSR count). The predicted molar refractivity (Wildman–Crippen MR) is 81.6 cm³/mol. The van der Waals surface area contributed by atoms with E-state index in [0.29, 0.717) is 5.56 Å². The molecule has 1 aromatic rings. The molecule has 0 aliphatic carbocycles. The molecule has 1 atom stereocenters. The van der Waals surface area contributed by atoms with E-state index in [1.165, 1.54) is 29.7 Å². The van der Waals surface area contributed by atoms with Crippen molar-refractivity contribution < 1.29 is 24.7 Å². The lowest BCUT2D eigenvalue weighted by Gasteiger charge is -2.13. The second kappa shape index (κ2) is 8.99. The minimum absolute atomic E-state index is 0.0925. The molecule has 0 aromatic heterocycles. The first-order valence-corrected chi connectivity index (χ1v) is 7.15. The fourth-order valence-corrected chi connectivity index (χ4v) is 1.76. The van der Waals surface area contributed by atoms with Crippen molar-refractivity contribution in [2.75, 3.05) is 6.54 Å². The Morgan fingerprint density at radius 3 is 2.04 bits per heavy atom. The summed E-state index contributed by atoms with van der Waals surface area (Å²) in [7, 11) is 0. The molecule has 0 fully saturated rings. The summed E-state index contributed by atoms with van der Waals surface area (Å²) in [5, 5.41) is 18.1. The van der Waals surface area contributed by atoms with Crippen LogP contribution >= 0.6 is 0 Å². The maximum atomic E-state index is 11.8. The van der Waals surface area contributed by atoms with Gasteiger partial charge in [-0.05, 0) is 30.2 Å². The molecule has 0 aliphatic heterocycles. The molecule has 2 amide bonds. The topological polar surface area (TPSA) is 128 Å². The first-order valence-electron chi connectivity index (χ1n) is 7.15. The third-order valence-electron chi connectivity index (χ3n) is 3.17. The fourth-order valence-electron chi connectivity index (χ4n) is 1.76. The molecule has 0 saturated carbocycles. The van der Waals surface area contributed by atoms with Gasteiger partial charge in [0, 0.05) is 24.1 Å². The minimum Gasteiger partial charge on any atom is -0.385 e. The fraction of sp³-hybridized carbons (Fsp3) is 0.400. The number of rotatable bonds is 8. The van der Waals surface area contributed by atoms with Crippen LogP contribution < -0.4 is 16.3 Å². The molecule has 1 unspecified atom stereocenters. The van der Waals surface area contributed by atoms with Crippen LogP contribution in [0.2, 0.25) is 0 Å². The van der Waals surface area contributed by atoms with E-state index in [2.05, 4.69) is 10.9 Å². The highest BCUT2D eigenvalue weighted by Gasteiger charge is 2.18. The zero-order valence-corrected chi connectivity index (χ0v) is 13.0. The lowest BCUT2D eigenvalue weighted by Crippen LogP contribution is -2.39. The summed E-state index contributed by atoms with van der Waals surface area (Å²) >= 11 is 0. The van der Waals surface area contributed by atoms with Crippen LogP contribution in [0.4, 0.5) is 0 Å². The smallest absolute Gasteiger partial charge is 0.274 e. The highest BCUT2D eigenvalue weighted by atomic mass is 16.5. The molecule has 0 radical (unpaired) electrons. The molecule has 1 aromatic carbocycles. The molecule has 0 heterocycles. The molecule has 5 N–H and O–H groups in total. The minimum atomic E-state index is -1.00. The highest BCUT2D eigenvalue weighted by Crippen LogP contribution is 2.05. The number of hydrogen-bond acceptors (Lipinski definition) is 6. The predicted octanol–water partition coefficient (Wildman–Crippen LogP) is 0.0161. The summed E-state index contributed by atoms with van der Waals surface area (Å²) in [5.41, 5.74) is 7.03. The van der Waals surface area contributed by atoms with Gasteiger partial charge in [0.15, 0.2) is 5.78 Å². The van der Waals surface area contributed by atoms with Crippen molar-refractivity contribution in [1.29, 1.82) is 0 Å². The lowest BCUT2D eigenvalue weighted by atomic mass is 10.0. The van der Waals surface area contributed by atoms with E-state index in [4.69, 9.17) is 5.21 Å². The highest BCUT2D eigenvalue weighted by molar-refractivity contribution is 5.97. The van der Waals surface area contributed by atoms with Crippen LogP contribution in [0.1, 0.15) is 41.0 Å². The van der Waals surface area contributed by atoms with Crippen LogP contribution in [-0.4, -0.2) is 40.6 Å². The van der Waals surface area contributed by atoms with Gasteiger partial charge in [0.2, 0.25) is 0 Å². The number of aliphatic hydroxyl groups is 1. The van der Waals surface area contributed by atoms with Crippen molar-refractivity contribution in [1.82, 2.24) is 16.3 Å². The molecule has 0 spiro atoms. The van der Waals surface area contributed by atoms with E-state index >= 15 is 0 Å². The Kier molecular flexibility index (Phi) is 7.33. The van der Waals surface area contributed by atoms with E-state index in [1.54, 1.807) is 13.8 Å². The van der Waals surface area contributed by atoms with Crippen LogP contribution in [0.3, 0.4) is 0 Å². The maximum absolute atomic E-state index is 11.8. The zero-order chi connectivity index (χ0) is 17.4. The molecule has 8 nitrogen and oxygen atoms in total. The number of hydrogen-bond donors (Lipinski definition) is 5. The molecular formula is C15H21N3O5. The Morgan fingerprint density at radius 2 is 1.57 bits per heavy atom. The Morgan fingerprint density at radius 1 is 1.04 bits per heavy atom. The molecule has 8 heteroatoms. The number of carbonyl (C=O) groups is 3. The summed E-state index contributed by atoms with van der Waals surface area (Å²) < 4.78 is 0. The number of hydrazine groups is 1. The van der Waals surface area contributed by atoms with E-state index in [9.17, 15) is 19.5 Å². The van der Waals surface area contributed by atoms with Gasteiger partial charge in [0.1, 0.15) is 6.10 Å². The van der Waals surface area contributed by atoms with Gasteiger partial charge >= 0.3 is 0 Å². The van der Waals surface area contributed by atoms with Crippen molar-refractivity contribution >= 4 is 17.6 Å². The van der Waals surface area contributed by atoms with Crippen LogP contribution in [0.5, 0.6) is 0 Å². The molecule has 0 saturated heterocycles. The Labute approximate surface area is 133 Å². The Balaban J connectivity index is 2.40. The SMILES string of the molecule is CC(C)C(O)C(=O)CCNNC(=O)c1ccc(C(=O)NO)cc1. The van der Waals surface area contributed by atoms with Crippen LogP contribution in [0, 0.1) is 5.92 Å². The van der Waals surface area contributed by atoms with Crippen molar-refractivity contribution in [2.45, 2.75) is 26.4 Å². The summed E-state index contributed by atoms with van der Waals surface area (Å²) in [4.78, 5) is 34.5. The number of nitrogens with one attached hydrogen (secondary N) is 3. The Hall–Kier alpha value is -2.29. The van der Waals surface area contributed by atoms with E-state index < -0.39 is 17.9 Å². The normalized spacial score (nSPS) is 11.9. The quantitative estimate of drug-likeness (QED) is 0.261. The zero-order valence-electron chi connectivity index (χ0n) is 13.0. The van der Waals surface area contributed by atoms with Crippen LogP contribution in [0.25, 0.3) is 0 Å². The lowest BCUT2D eigenvalue weighted by molar-refractivity contribution is -0.129. The average Bonchev–Trinajstić information content (AvgIpc) is 2.56. The van der Waals surface area contributed by atoms with Gasteiger partial charge in [-0.3, -0.25) is 25.0 Å². The van der Waals surface area contributed by atoms with Crippen molar-refractivity contribution in [3.63, 3.8) is 0 Å². The van der Waals surface area contributed by atoms with E-state index in [1.807, 2.05) is 0 Å². The second-order valence-corrected chi connectivity index (χ2v) is 5.30. The number of aliphatic hydroxyl groups excluding tert-OH is 1. The van der Waals surface area contributed by atoms with Gasteiger partial charge in [-0.2, -0.15) is 0 Å². The largest absolute Gasteiger partial charge is 0.385 e. The van der Waals surface area contributed by atoms with Gasteiger partial charge in [-0.1, -0.05) is 13.8 Å². The number of ketones is 1. The number of amides is 2. The molecule has 126 valence electrons. The van der Waals surface area contributed by atoms with E-state index in [0.717, 1.165) is 0 Å². The molecular weight excluding hydrogens is 302 g/mol. The van der Waals surface area contributed by atoms with Gasteiger partial charge in [0.05, 0.1) is 0 Å². The van der Waals surface area contributed by atoms with Crippen LogP contribution in [0.15, 0.2) is 24.3 Å². The summed E-state index contributed by atoms with van der Waals surface area (Å²) in [6, 6.07) is 5.64. The summed E-state index contributed by atoms with van der Waals surface area (Å²) in [6.07, 6.45) is -0.910. The van der Waals surface area contributed by atoms with Crippen LogP contribution in [-0.2, 0) is 4.79 Å². The molecule has 23 heavy (non-hydrogen) atoms. The van der Waals surface area contributed by atoms with Crippen molar-refractivity contribution in [3.05, 3.63) is 35.4 Å². The summed E-state index contributed by atoms with van der Waals surface area (Å²) in [6.45, 7) is 3.69. The van der Waals surface area contributed by atoms with Gasteiger partial charge in [0.25, 0.3) is 11.8 Å². The van der Waals surface area contributed by atoms with Crippen molar-refractivity contribution in [3.8, 4) is 0 Å². The monoisotopic (exact) mass is 323 g/mol. The molecule has 0 aliphatic rings. The van der Waals surface area contributed by atoms with Gasteiger partial charge in [-0.15, -0.1) is 0 Å². The Bertz CT molecular complexity index is 557. The number of benzene rings is 1. The number of Topliss-reactive ketones (excluding diaryl/α,β-unsaturated/α-hetero) is 1. The molecule has 0 bridgehead atoms. The van der Waals surface area contributed by atoms with E-state index in [-0.39, 0.29) is 30.2 Å². The van der Waals surface area contributed by atoms with Crippen molar-refractivity contribution in [2.24, 2.45) is 5.92 Å². The number of hydroxylamine groups is 1. The number of carbonyl (C=O) groups excluding carboxylic acids is 3. The van der Waals surface area contributed by atoms with Gasteiger partial charge in [-0.25, -0.2) is 10.9 Å². The van der Waals surface area contributed by atoms with Gasteiger partial charge < -0.3 is 5.11 Å². The second-order valence-electron chi connectivity index (χ2n) is 5.30. The first-order chi connectivity index (χ1) is 10.9. The first kappa shape index (κ1) is 18.8. The summed E-state index contributed by atoms with van der Waals surface area (Å²) in [5.74, 6) is -1.54. The third kappa shape index (κ3) is 5.78. The average molecular weight is 323 g/mol. The maximum Gasteiger partial charge on any atom is 0.274 e.